The van der Waals surface area contributed by atoms with Crippen LogP contribution in [-0.2, 0) is 9.53 Å². The lowest BCUT2D eigenvalue weighted by Crippen LogP contribution is -2.51. The highest BCUT2D eigenvalue weighted by molar-refractivity contribution is 5.73. The predicted octanol–water partition coefficient (Wildman–Crippen LogP) is 1.57. The molecule has 4 unspecified atom stereocenters. The lowest BCUT2D eigenvalue weighted by atomic mass is 9.82. The minimum Gasteiger partial charge on any atom is -0.376 e. The molecular weight excluding hydrogens is 178 g/mol. The quantitative estimate of drug-likeness (QED) is 0.733. The van der Waals surface area contributed by atoms with Crippen molar-refractivity contribution < 1.29 is 9.53 Å². The van der Waals surface area contributed by atoms with Crippen molar-refractivity contribution in [1.82, 2.24) is 5.32 Å². The maximum atomic E-state index is 10.9. The molecule has 1 heterocycles. The van der Waals surface area contributed by atoms with Crippen molar-refractivity contribution in [3.8, 4) is 0 Å². The Kier molecular flexibility index (Phi) is 3.93. The molecule has 82 valence electrons. The summed E-state index contributed by atoms with van der Waals surface area (Å²) in [6, 6.07) is 0.185. The van der Waals surface area contributed by atoms with E-state index in [1.54, 1.807) is 6.92 Å². The molecule has 3 nitrogen and oxygen atoms in total. The predicted molar refractivity (Wildman–Crippen MR) is 56.0 cm³/mol. The summed E-state index contributed by atoms with van der Waals surface area (Å²) in [6.07, 6.45) is 1.41. The van der Waals surface area contributed by atoms with E-state index in [0.717, 1.165) is 6.42 Å². The molecular formula is C11H21NO2. The molecule has 1 fully saturated rings. The molecule has 1 rings (SSSR count). The number of hydrogen-bond donors (Lipinski definition) is 1. The number of ether oxygens (including phenoxy) is 1. The third-order valence-corrected chi connectivity index (χ3v) is 3.33. The van der Waals surface area contributed by atoms with Crippen molar-refractivity contribution >= 4 is 5.91 Å². The standard InChI is InChI=1S/C11H21NO2/c1-5-11-8(3)7(2)10(6-14-11)12-9(4)13/h7-8,10-11H,5-6H2,1-4H3,(H,12,13). The average molecular weight is 199 g/mol. The van der Waals surface area contributed by atoms with Gasteiger partial charge in [0.15, 0.2) is 0 Å². The van der Waals surface area contributed by atoms with E-state index < -0.39 is 0 Å². The van der Waals surface area contributed by atoms with Gasteiger partial charge in [0.1, 0.15) is 0 Å². The van der Waals surface area contributed by atoms with Crippen molar-refractivity contribution in [3.63, 3.8) is 0 Å². The Balaban J connectivity index is 2.54. The van der Waals surface area contributed by atoms with Crippen LogP contribution in [0.3, 0.4) is 0 Å². The van der Waals surface area contributed by atoms with Crippen molar-refractivity contribution in [3.05, 3.63) is 0 Å². The van der Waals surface area contributed by atoms with Crippen LogP contribution in [0.1, 0.15) is 34.1 Å². The summed E-state index contributed by atoms with van der Waals surface area (Å²) >= 11 is 0. The minimum atomic E-state index is 0.0348. The van der Waals surface area contributed by atoms with E-state index in [1.807, 2.05) is 0 Å². The van der Waals surface area contributed by atoms with Crippen LogP contribution < -0.4 is 5.32 Å². The van der Waals surface area contributed by atoms with Crippen molar-refractivity contribution in [1.29, 1.82) is 0 Å². The van der Waals surface area contributed by atoms with E-state index in [-0.39, 0.29) is 11.9 Å². The molecule has 1 saturated heterocycles. The number of carbonyl (C=O) groups is 1. The summed E-state index contributed by atoms with van der Waals surface area (Å²) in [6.45, 7) is 8.75. The van der Waals surface area contributed by atoms with Crippen LogP contribution in [0.25, 0.3) is 0 Å². The normalized spacial score (nSPS) is 38.0. The van der Waals surface area contributed by atoms with Gasteiger partial charge in [0.2, 0.25) is 5.91 Å². The van der Waals surface area contributed by atoms with Crippen LogP contribution in [0.15, 0.2) is 0 Å². The van der Waals surface area contributed by atoms with Crippen molar-refractivity contribution in [2.75, 3.05) is 6.61 Å². The van der Waals surface area contributed by atoms with Crippen LogP contribution >= 0.6 is 0 Å². The molecule has 0 radical (unpaired) electrons. The molecule has 1 amide bonds. The number of rotatable bonds is 2. The van der Waals surface area contributed by atoms with E-state index >= 15 is 0 Å². The van der Waals surface area contributed by atoms with Gasteiger partial charge in [-0.15, -0.1) is 0 Å². The Labute approximate surface area is 86.2 Å². The molecule has 1 aliphatic heterocycles. The second-order valence-corrected chi connectivity index (χ2v) is 4.31. The second-order valence-electron chi connectivity index (χ2n) is 4.31. The fraction of sp³-hybridized carbons (Fsp3) is 0.909. The highest BCUT2D eigenvalue weighted by Crippen LogP contribution is 2.28. The number of nitrogens with one attached hydrogen (secondary N) is 1. The fourth-order valence-electron chi connectivity index (χ4n) is 2.16. The number of hydrogen-bond acceptors (Lipinski definition) is 2. The fourth-order valence-corrected chi connectivity index (χ4v) is 2.16. The van der Waals surface area contributed by atoms with E-state index in [1.165, 1.54) is 0 Å². The zero-order chi connectivity index (χ0) is 10.7. The highest BCUT2D eigenvalue weighted by atomic mass is 16.5. The summed E-state index contributed by atoms with van der Waals surface area (Å²) in [5, 5.41) is 2.94. The van der Waals surface area contributed by atoms with Gasteiger partial charge in [-0.1, -0.05) is 20.8 Å². The molecule has 0 saturated carbocycles. The molecule has 1 N–H and O–H groups in total. The molecule has 0 spiro atoms. The zero-order valence-electron chi connectivity index (χ0n) is 9.54. The summed E-state index contributed by atoms with van der Waals surface area (Å²) in [4.78, 5) is 10.9. The first kappa shape index (κ1) is 11.5. The molecule has 1 aliphatic rings. The summed E-state index contributed by atoms with van der Waals surface area (Å²) in [5.74, 6) is 1.05. The van der Waals surface area contributed by atoms with Crippen molar-refractivity contribution in [2.24, 2.45) is 11.8 Å². The maximum Gasteiger partial charge on any atom is 0.217 e. The van der Waals surface area contributed by atoms with E-state index in [0.29, 0.717) is 24.5 Å². The highest BCUT2D eigenvalue weighted by Gasteiger charge is 2.34. The van der Waals surface area contributed by atoms with Crippen LogP contribution in [0.2, 0.25) is 0 Å². The first-order chi connectivity index (χ1) is 6.56. The van der Waals surface area contributed by atoms with Crippen LogP contribution in [0.5, 0.6) is 0 Å². The molecule has 0 bridgehead atoms. The SMILES string of the molecule is CCC1OCC(NC(C)=O)C(C)C1C. The molecule has 0 aromatic rings. The molecule has 0 aromatic carbocycles. The molecule has 4 atom stereocenters. The number of amides is 1. The van der Waals surface area contributed by atoms with Gasteiger partial charge < -0.3 is 10.1 Å². The van der Waals surface area contributed by atoms with Gasteiger partial charge in [0.25, 0.3) is 0 Å². The lowest BCUT2D eigenvalue weighted by Gasteiger charge is -2.39. The molecule has 14 heavy (non-hydrogen) atoms. The Hall–Kier alpha value is -0.570. The first-order valence-electron chi connectivity index (χ1n) is 5.45. The topological polar surface area (TPSA) is 38.3 Å². The van der Waals surface area contributed by atoms with Gasteiger partial charge in [-0.2, -0.15) is 0 Å². The Morgan fingerprint density at radius 3 is 2.57 bits per heavy atom. The Bertz CT molecular complexity index is 205. The molecule has 0 aromatic heterocycles. The van der Waals surface area contributed by atoms with Crippen LogP contribution in [0.4, 0.5) is 0 Å². The Morgan fingerprint density at radius 2 is 2.07 bits per heavy atom. The summed E-state index contributed by atoms with van der Waals surface area (Å²) < 4.78 is 5.71. The molecule has 0 aliphatic carbocycles. The first-order valence-corrected chi connectivity index (χ1v) is 5.45. The van der Waals surface area contributed by atoms with E-state index in [2.05, 4.69) is 26.1 Å². The molecule has 3 heteroatoms. The third kappa shape index (κ3) is 2.47. The van der Waals surface area contributed by atoms with Gasteiger partial charge in [0.05, 0.1) is 18.8 Å². The third-order valence-electron chi connectivity index (χ3n) is 3.33. The monoisotopic (exact) mass is 199 g/mol. The smallest absolute Gasteiger partial charge is 0.217 e. The van der Waals surface area contributed by atoms with E-state index in [4.69, 9.17) is 4.74 Å². The van der Waals surface area contributed by atoms with Crippen LogP contribution in [-0.4, -0.2) is 24.7 Å². The van der Waals surface area contributed by atoms with Gasteiger partial charge in [-0.3, -0.25) is 4.79 Å². The van der Waals surface area contributed by atoms with Gasteiger partial charge in [-0.05, 0) is 18.3 Å². The Morgan fingerprint density at radius 1 is 1.43 bits per heavy atom. The van der Waals surface area contributed by atoms with Gasteiger partial charge >= 0.3 is 0 Å². The largest absolute Gasteiger partial charge is 0.376 e. The average Bonchev–Trinajstić information content (AvgIpc) is 2.13. The van der Waals surface area contributed by atoms with E-state index in [9.17, 15) is 4.79 Å². The van der Waals surface area contributed by atoms with Gasteiger partial charge in [0, 0.05) is 6.92 Å². The van der Waals surface area contributed by atoms with Gasteiger partial charge in [-0.25, -0.2) is 0 Å². The zero-order valence-corrected chi connectivity index (χ0v) is 9.54. The summed E-state index contributed by atoms with van der Waals surface area (Å²) in [7, 11) is 0. The number of carbonyl (C=O) groups excluding carboxylic acids is 1. The lowest BCUT2D eigenvalue weighted by molar-refractivity contribution is -0.124. The maximum absolute atomic E-state index is 10.9. The second kappa shape index (κ2) is 4.78. The minimum absolute atomic E-state index is 0.0348. The van der Waals surface area contributed by atoms with Crippen molar-refractivity contribution in [2.45, 2.75) is 46.3 Å². The van der Waals surface area contributed by atoms with Crippen LogP contribution in [0, 0.1) is 11.8 Å². The summed E-state index contributed by atoms with van der Waals surface area (Å²) in [5.41, 5.74) is 0.